The highest BCUT2D eigenvalue weighted by Gasteiger charge is 2.38. The van der Waals surface area contributed by atoms with Gasteiger partial charge in [-0.05, 0) is 46.5 Å². The number of benzene rings is 2. The van der Waals surface area contributed by atoms with Crippen LogP contribution in [0.25, 0.3) is 23.3 Å². The van der Waals surface area contributed by atoms with E-state index in [1.54, 1.807) is 0 Å². The Hall–Kier alpha value is -3.56. The maximum atomic E-state index is 13.7. The molecule has 0 spiro atoms. The molecule has 0 aliphatic heterocycles. The maximum Gasteiger partial charge on any atom is 0.417 e. The predicted octanol–water partition coefficient (Wildman–Crippen LogP) is 5.76. The molecule has 2 aromatic carbocycles. The van der Waals surface area contributed by atoms with Gasteiger partial charge in [0, 0.05) is 12.2 Å². The lowest BCUT2D eigenvalue weighted by Crippen LogP contribution is -2.12. The summed E-state index contributed by atoms with van der Waals surface area (Å²) in [6, 6.07) is 5.37. The third kappa shape index (κ3) is 6.22. The van der Waals surface area contributed by atoms with Crippen molar-refractivity contribution < 1.29 is 45.4 Å². The molecule has 0 unspecified atom stereocenters. The van der Waals surface area contributed by atoms with Crippen LogP contribution in [0.2, 0.25) is 0 Å². The van der Waals surface area contributed by atoms with Gasteiger partial charge in [-0.1, -0.05) is 24.3 Å². The molecule has 0 bridgehead atoms. The van der Waals surface area contributed by atoms with Crippen LogP contribution in [0.15, 0.2) is 48.6 Å². The second kappa shape index (κ2) is 9.71. The summed E-state index contributed by atoms with van der Waals surface area (Å²) in [6.07, 6.45) is -6.07. The largest absolute Gasteiger partial charge is 0.466 e. The van der Waals surface area contributed by atoms with Crippen LogP contribution in [0, 0.1) is 0 Å². The van der Waals surface area contributed by atoms with Gasteiger partial charge in [0.25, 0.3) is 0 Å². The third-order valence-corrected chi connectivity index (χ3v) is 4.21. The number of hydrogen-bond acceptors (Lipinski definition) is 4. The van der Waals surface area contributed by atoms with Gasteiger partial charge in [0.05, 0.1) is 25.3 Å². The molecule has 0 radical (unpaired) electrons. The highest BCUT2D eigenvalue weighted by atomic mass is 19.4. The van der Waals surface area contributed by atoms with E-state index >= 15 is 0 Å². The Kier molecular flexibility index (Phi) is 7.50. The fraction of sp³-hybridized carbons (Fsp3) is 0.182. The first-order chi connectivity index (χ1) is 14.9. The number of ether oxygens (including phenoxy) is 2. The molecule has 0 heterocycles. The summed E-state index contributed by atoms with van der Waals surface area (Å²) in [5, 5.41) is 0. The van der Waals surface area contributed by atoms with Crippen molar-refractivity contribution in [3.8, 4) is 11.1 Å². The van der Waals surface area contributed by atoms with Crippen molar-refractivity contribution in [3.05, 3.63) is 70.8 Å². The Morgan fingerprint density at radius 3 is 1.31 bits per heavy atom. The van der Waals surface area contributed by atoms with Gasteiger partial charge in [-0.25, -0.2) is 9.59 Å². The summed E-state index contributed by atoms with van der Waals surface area (Å²) in [4.78, 5) is 22.3. The zero-order chi connectivity index (χ0) is 24.1. The zero-order valence-electron chi connectivity index (χ0n) is 16.7. The van der Waals surface area contributed by atoms with E-state index in [1.165, 1.54) is 0 Å². The second-order valence-corrected chi connectivity index (χ2v) is 6.32. The Bertz CT molecular complexity index is 980. The fourth-order valence-electron chi connectivity index (χ4n) is 2.73. The molecule has 0 saturated heterocycles. The number of rotatable bonds is 5. The number of esters is 2. The lowest BCUT2D eigenvalue weighted by atomic mass is 9.92. The van der Waals surface area contributed by atoms with Crippen LogP contribution in [0.4, 0.5) is 26.3 Å². The summed E-state index contributed by atoms with van der Waals surface area (Å²) >= 11 is 0. The molecule has 0 saturated carbocycles. The van der Waals surface area contributed by atoms with Crippen LogP contribution in [-0.2, 0) is 31.4 Å². The molecule has 0 fully saturated rings. The van der Waals surface area contributed by atoms with E-state index < -0.39 is 46.5 Å². The molecule has 2 rings (SSSR count). The first kappa shape index (κ1) is 24.7. The number of carbonyl (C=O) groups excluding carboxylic acids is 2. The number of hydrogen-bond donors (Lipinski definition) is 0. The monoisotopic (exact) mass is 458 g/mol. The van der Waals surface area contributed by atoms with E-state index in [1.807, 2.05) is 0 Å². The van der Waals surface area contributed by atoms with Crippen molar-refractivity contribution in [2.75, 3.05) is 14.2 Å². The van der Waals surface area contributed by atoms with E-state index in [2.05, 4.69) is 9.47 Å². The number of carbonyl (C=O) groups is 2. The van der Waals surface area contributed by atoms with Crippen molar-refractivity contribution in [3.63, 3.8) is 0 Å². The van der Waals surface area contributed by atoms with E-state index in [0.29, 0.717) is 12.1 Å². The van der Waals surface area contributed by atoms with Crippen LogP contribution < -0.4 is 0 Å². The Morgan fingerprint density at radius 1 is 0.688 bits per heavy atom. The number of methoxy groups -OCH3 is 2. The van der Waals surface area contributed by atoms with Crippen molar-refractivity contribution in [2.24, 2.45) is 0 Å². The van der Waals surface area contributed by atoms with Gasteiger partial charge in [0.1, 0.15) is 0 Å². The molecule has 0 atom stereocenters. The maximum absolute atomic E-state index is 13.7. The number of alkyl halides is 6. The average Bonchev–Trinajstić information content (AvgIpc) is 2.74. The van der Waals surface area contributed by atoms with E-state index in [4.69, 9.17) is 0 Å². The molecule has 32 heavy (non-hydrogen) atoms. The summed E-state index contributed by atoms with van der Waals surface area (Å²) in [7, 11) is 2.17. The van der Waals surface area contributed by atoms with Gasteiger partial charge >= 0.3 is 24.3 Å². The van der Waals surface area contributed by atoms with E-state index in [-0.39, 0.29) is 11.1 Å². The topological polar surface area (TPSA) is 52.6 Å². The molecule has 2 aromatic rings. The second-order valence-electron chi connectivity index (χ2n) is 6.32. The molecule has 4 nitrogen and oxygen atoms in total. The van der Waals surface area contributed by atoms with Crippen molar-refractivity contribution >= 4 is 24.1 Å². The lowest BCUT2D eigenvalue weighted by Gasteiger charge is -2.18. The minimum Gasteiger partial charge on any atom is -0.466 e. The Labute approximate surface area is 178 Å². The van der Waals surface area contributed by atoms with Gasteiger partial charge in [0.15, 0.2) is 0 Å². The molecular formula is C22H16F6O4. The van der Waals surface area contributed by atoms with Gasteiger partial charge in [0.2, 0.25) is 0 Å². The third-order valence-electron chi connectivity index (χ3n) is 4.21. The molecule has 0 amide bonds. The number of halogens is 6. The van der Waals surface area contributed by atoms with Crippen LogP contribution in [0.3, 0.4) is 0 Å². The summed E-state index contributed by atoms with van der Waals surface area (Å²) in [5.41, 5.74) is -4.12. The molecule has 0 N–H and O–H groups in total. The summed E-state index contributed by atoms with van der Waals surface area (Å²) < 4.78 is 90.8. The SMILES string of the molecule is COC(=O)/C=C/c1ccc(-c2ccc(/C=C/C(=O)OC)cc2C(F)(F)F)c(C(F)(F)F)c1. The summed E-state index contributed by atoms with van der Waals surface area (Å²) in [6.45, 7) is 0. The van der Waals surface area contributed by atoms with Crippen LogP contribution >= 0.6 is 0 Å². The molecule has 10 heteroatoms. The van der Waals surface area contributed by atoms with Crippen molar-refractivity contribution in [1.29, 1.82) is 0 Å². The van der Waals surface area contributed by atoms with Crippen LogP contribution in [0.5, 0.6) is 0 Å². The smallest absolute Gasteiger partial charge is 0.417 e. The minimum absolute atomic E-state index is 0.0577. The van der Waals surface area contributed by atoms with Gasteiger partial charge in [-0.2, -0.15) is 26.3 Å². The minimum atomic E-state index is -4.98. The normalized spacial score (nSPS) is 12.4. The van der Waals surface area contributed by atoms with Gasteiger partial charge in [-0.15, -0.1) is 0 Å². The van der Waals surface area contributed by atoms with Gasteiger partial charge < -0.3 is 9.47 Å². The highest BCUT2D eigenvalue weighted by molar-refractivity contribution is 5.88. The highest BCUT2D eigenvalue weighted by Crippen LogP contribution is 2.43. The molecule has 0 aliphatic rings. The van der Waals surface area contributed by atoms with Crippen molar-refractivity contribution in [2.45, 2.75) is 12.4 Å². The first-order valence-corrected chi connectivity index (χ1v) is 8.81. The zero-order valence-corrected chi connectivity index (χ0v) is 16.7. The lowest BCUT2D eigenvalue weighted by molar-refractivity contribution is -0.139. The standard InChI is InChI=1S/C22H16F6O4/c1-31-19(29)9-5-13-3-7-15(17(11-13)21(23,24)25)16-8-4-14(6-10-20(30)32-2)12-18(16)22(26,27)28/h3-12H,1-2H3/b9-5+,10-6+. The molecule has 170 valence electrons. The Balaban J connectivity index is 2.67. The molecule has 0 aliphatic carbocycles. The van der Waals surface area contributed by atoms with Crippen molar-refractivity contribution in [1.82, 2.24) is 0 Å². The quantitative estimate of drug-likeness (QED) is 0.325. The van der Waals surface area contributed by atoms with E-state index in [9.17, 15) is 35.9 Å². The predicted molar refractivity (Wildman–Crippen MR) is 104 cm³/mol. The Morgan fingerprint density at radius 2 is 1.03 bits per heavy atom. The average molecular weight is 458 g/mol. The van der Waals surface area contributed by atoms with Crippen LogP contribution in [-0.4, -0.2) is 26.2 Å². The van der Waals surface area contributed by atoms with Gasteiger partial charge in [-0.3, -0.25) is 0 Å². The first-order valence-electron chi connectivity index (χ1n) is 8.81. The van der Waals surface area contributed by atoms with E-state index in [0.717, 1.165) is 62.8 Å². The molecule has 0 aromatic heterocycles. The summed E-state index contributed by atoms with van der Waals surface area (Å²) in [5.74, 6) is -1.62. The molecular weight excluding hydrogens is 442 g/mol. The van der Waals surface area contributed by atoms with Crippen LogP contribution in [0.1, 0.15) is 22.3 Å². The fourth-order valence-corrected chi connectivity index (χ4v) is 2.73.